The van der Waals surface area contributed by atoms with Gasteiger partial charge in [-0.25, -0.2) is 4.68 Å². The number of nitrogens with zero attached hydrogens (tertiary/aromatic N) is 2. The van der Waals surface area contributed by atoms with Crippen LogP contribution in [-0.2, 0) is 4.79 Å². The van der Waals surface area contributed by atoms with Gasteiger partial charge in [0.25, 0.3) is 0 Å². The third kappa shape index (κ3) is 2.90. The predicted octanol–water partition coefficient (Wildman–Crippen LogP) is 4.33. The number of rotatable bonds is 4. The van der Waals surface area contributed by atoms with Crippen molar-refractivity contribution in [3.63, 3.8) is 0 Å². The van der Waals surface area contributed by atoms with E-state index in [0.29, 0.717) is 34.4 Å². The molecule has 144 valence electrons. The number of hydrogen-bond acceptors (Lipinski definition) is 4. The fourth-order valence-corrected chi connectivity index (χ4v) is 4.01. The van der Waals surface area contributed by atoms with Gasteiger partial charge in [0.2, 0.25) is 5.91 Å². The molecular weight excluding hydrogens is 378 g/mol. The highest BCUT2D eigenvalue weighted by Gasteiger charge is 2.35. The number of para-hydroxylation sites is 2. The minimum absolute atomic E-state index is 0.0874. The van der Waals surface area contributed by atoms with Crippen LogP contribution in [0.15, 0.2) is 42.5 Å². The normalized spacial score (nSPS) is 15.7. The largest absolute Gasteiger partial charge is 0.493 e. The van der Waals surface area contributed by atoms with Crippen LogP contribution in [0.2, 0.25) is 5.02 Å². The second kappa shape index (κ2) is 7.20. The lowest BCUT2D eigenvalue weighted by Gasteiger charge is -2.26. The third-order valence-corrected chi connectivity index (χ3v) is 5.31. The van der Waals surface area contributed by atoms with Crippen LogP contribution in [0.3, 0.4) is 0 Å². The molecule has 3 aromatic rings. The number of benzene rings is 2. The molecule has 0 bridgehead atoms. The predicted molar refractivity (Wildman–Crippen MR) is 108 cm³/mol. The highest BCUT2D eigenvalue weighted by Crippen LogP contribution is 2.45. The number of ether oxygens (including phenoxy) is 2. The van der Waals surface area contributed by atoms with Crippen molar-refractivity contribution in [3.8, 4) is 17.2 Å². The Morgan fingerprint density at radius 2 is 1.93 bits per heavy atom. The van der Waals surface area contributed by atoms with Gasteiger partial charge in [-0.2, -0.15) is 5.10 Å². The summed E-state index contributed by atoms with van der Waals surface area (Å²) in [5.74, 6) is 1.60. The average molecular weight is 398 g/mol. The number of amides is 1. The molecule has 4 rings (SSSR count). The average Bonchev–Trinajstić information content (AvgIpc) is 3.03. The summed E-state index contributed by atoms with van der Waals surface area (Å²) in [6.45, 7) is 1.93. The molecule has 1 N–H and O–H groups in total. The first kappa shape index (κ1) is 18.4. The van der Waals surface area contributed by atoms with Gasteiger partial charge in [-0.05, 0) is 25.1 Å². The van der Waals surface area contributed by atoms with E-state index in [-0.39, 0.29) is 11.8 Å². The van der Waals surface area contributed by atoms with E-state index in [2.05, 4.69) is 10.4 Å². The highest BCUT2D eigenvalue weighted by atomic mass is 35.5. The van der Waals surface area contributed by atoms with Gasteiger partial charge in [-0.15, -0.1) is 0 Å². The lowest BCUT2D eigenvalue weighted by Crippen LogP contribution is -2.25. The van der Waals surface area contributed by atoms with Crippen molar-refractivity contribution in [2.24, 2.45) is 0 Å². The molecule has 2 aromatic carbocycles. The molecule has 0 fully saturated rings. The van der Waals surface area contributed by atoms with Crippen molar-refractivity contribution >= 4 is 23.3 Å². The highest BCUT2D eigenvalue weighted by molar-refractivity contribution is 6.32. The summed E-state index contributed by atoms with van der Waals surface area (Å²) in [6.07, 6.45) is 0.297. The molecule has 1 aliphatic rings. The molecule has 0 radical (unpaired) electrons. The molecular formula is C21H20ClN3O3. The van der Waals surface area contributed by atoms with Crippen LogP contribution in [0.4, 0.5) is 5.82 Å². The zero-order chi connectivity index (χ0) is 19.8. The quantitative estimate of drug-likeness (QED) is 0.711. The third-order valence-electron chi connectivity index (χ3n) is 4.99. The number of hydrogen-bond donors (Lipinski definition) is 1. The van der Waals surface area contributed by atoms with Gasteiger partial charge >= 0.3 is 0 Å². The molecule has 7 heteroatoms. The van der Waals surface area contributed by atoms with Gasteiger partial charge in [0.15, 0.2) is 11.5 Å². The van der Waals surface area contributed by atoms with Crippen molar-refractivity contribution in [1.82, 2.24) is 9.78 Å². The number of fused-ring (bicyclic) bond motifs is 1. The minimum atomic E-state index is -0.204. The second-order valence-corrected chi connectivity index (χ2v) is 7.01. The van der Waals surface area contributed by atoms with Crippen molar-refractivity contribution < 1.29 is 14.3 Å². The van der Waals surface area contributed by atoms with E-state index in [1.807, 2.05) is 43.3 Å². The van der Waals surface area contributed by atoms with Crippen molar-refractivity contribution in [3.05, 3.63) is 64.3 Å². The van der Waals surface area contributed by atoms with E-state index in [0.717, 1.165) is 16.8 Å². The standard InChI is InChI=1S/C21H20ClN3O3/c1-12-19-14(13-7-6-10-17(27-2)20(13)28-3)11-18(26)23-21(19)25(24-12)16-9-5-4-8-15(16)22/h4-10,14H,11H2,1-3H3,(H,23,26)/t14-/m1/s1. The summed E-state index contributed by atoms with van der Waals surface area (Å²) in [5, 5.41) is 8.21. The number of anilines is 1. The summed E-state index contributed by atoms with van der Waals surface area (Å²) in [6, 6.07) is 13.1. The first-order valence-corrected chi connectivity index (χ1v) is 9.28. The number of halogens is 1. The molecule has 0 saturated carbocycles. The number of carbonyl (C=O) groups excluding carboxylic acids is 1. The summed E-state index contributed by atoms with van der Waals surface area (Å²) < 4.78 is 12.8. The van der Waals surface area contributed by atoms with E-state index in [9.17, 15) is 4.79 Å². The maximum Gasteiger partial charge on any atom is 0.226 e. The number of aromatic nitrogens is 2. The lowest BCUT2D eigenvalue weighted by atomic mass is 9.85. The number of aryl methyl sites for hydroxylation is 1. The Morgan fingerprint density at radius 3 is 2.64 bits per heavy atom. The molecule has 0 spiro atoms. The van der Waals surface area contributed by atoms with E-state index in [1.54, 1.807) is 25.0 Å². The summed E-state index contributed by atoms with van der Waals surface area (Å²) in [4.78, 5) is 12.6. The summed E-state index contributed by atoms with van der Waals surface area (Å²) >= 11 is 6.38. The van der Waals surface area contributed by atoms with Crippen LogP contribution in [0, 0.1) is 6.92 Å². The smallest absolute Gasteiger partial charge is 0.226 e. The van der Waals surface area contributed by atoms with Gasteiger partial charge in [0, 0.05) is 23.5 Å². The monoisotopic (exact) mass is 397 g/mol. The molecule has 0 unspecified atom stereocenters. The van der Waals surface area contributed by atoms with Crippen LogP contribution in [0.1, 0.15) is 29.2 Å². The maximum absolute atomic E-state index is 12.6. The van der Waals surface area contributed by atoms with E-state index in [4.69, 9.17) is 21.1 Å². The van der Waals surface area contributed by atoms with Gasteiger partial charge in [0.1, 0.15) is 5.82 Å². The second-order valence-electron chi connectivity index (χ2n) is 6.60. The first-order valence-electron chi connectivity index (χ1n) is 8.90. The molecule has 0 aliphatic carbocycles. The molecule has 1 aromatic heterocycles. The molecule has 1 amide bonds. The van der Waals surface area contributed by atoms with Crippen LogP contribution >= 0.6 is 11.6 Å². The van der Waals surface area contributed by atoms with E-state index in [1.165, 1.54) is 0 Å². The van der Waals surface area contributed by atoms with Gasteiger partial charge < -0.3 is 14.8 Å². The Hall–Kier alpha value is -2.99. The van der Waals surface area contributed by atoms with Crippen LogP contribution in [0.5, 0.6) is 11.5 Å². The number of carbonyl (C=O) groups is 1. The molecule has 0 saturated heterocycles. The summed E-state index contributed by atoms with van der Waals surface area (Å²) in [7, 11) is 3.20. The van der Waals surface area contributed by atoms with E-state index >= 15 is 0 Å². The zero-order valence-electron chi connectivity index (χ0n) is 15.8. The fourth-order valence-electron chi connectivity index (χ4n) is 3.80. The first-order chi connectivity index (χ1) is 13.5. The van der Waals surface area contributed by atoms with Gasteiger partial charge in [-0.3, -0.25) is 4.79 Å². The Bertz CT molecular complexity index is 1060. The molecule has 1 atom stereocenters. The zero-order valence-corrected chi connectivity index (χ0v) is 16.6. The van der Waals surface area contributed by atoms with Crippen molar-refractivity contribution in [1.29, 1.82) is 0 Å². The Kier molecular flexibility index (Phi) is 4.73. The van der Waals surface area contributed by atoms with Crippen LogP contribution in [-0.4, -0.2) is 29.9 Å². The van der Waals surface area contributed by atoms with Crippen LogP contribution < -0.4 is 14.8 Å². The topological polar surface area (TPSA) is 65.4 Å². The Balaban J connectivity index is 1.93. The Labute approximate surface area is 168 Å². The van der Waals surface area contributed by atoms with Gasteiger partial charge in [-0.1, -0.05) is 35.9 Å². The van der Waals surface area contributed by atoms with Crippen molar-refractivity contribution in [2.45, 2.75) is 19.3 Å². The fraction of sp³-hybridized carbons (Fsp3) is 0.238. The molecule has 2 heterocycles. The van der Waals surface area contributed by atoms with E-state index < -0.39 is 0 Å². The Morgan fingerprint density at radius 1 is 1.14 bits per heavy atom. The molecule has 1 aliphatic heterocycles. The van der Waals surface area contributed by atoms with Crippen LogP contribution in [0.25, 0.3) is 5.69 Å². The summed E-state index contributed by atoms with van der Waals surface area (Å²) in [5.41, 5.74) is 3.38. The molecule has 6 nitrogen and oxygen atoms in total. The van der Waals surface area contributed by atoms with Crippen molar-refractivity contribution in [2.75, 3.05) is 19.5 Å². The van der Waals surface area contributed by atoms with Gasteiger partial charge in [0.05, 0.1) is 30.6 Å². The number of methoxy groups -OCH3 is 2. The maximum atomic E-state index is 12.6. The lowest BCUT2D eigenvalue weighted by molar-refractivity contribution is -0.116. The molecule has 28 heavy (non-hydrogen) atoms. The number of nitrogens with one attached hydrogen (secondary N) is 1. The SMILES string of the molecule is COc1cccc([C@H]2CC(=O)Nc3c2c(C)nn3-c2ccccc2Cl)c1OC. The minimum Gasteiger partial charge on any atom is -0.493 e.